The second kappa shape index (κ2) is 9.15. The Morgan fingerprint density at radius 2 is 0.879 bits per heavy atom. The van der Waals surface area contributed by atoms with E-state index < -0.39 is 0 Å². The summed E-state index contributed by atoms with van der Waals surface area (Å²) in [5.41, 5.74) is 5.53. The van der Waals surface area contributed by atoms with Gasteiger partial charge in [-0.05, 0) is 47.5 Å². The van der Waals surface area contributed by atoms with E-state index in [9.17, 15) is 0 Å². The highest BCUT2D eigenvalue weighted by Crippen LogP contribution is 2.27. The third kappa shape index (κ3) is 4.57. The summed E-state index contributed by atoms with van der Waals surface area (Å²) < 4.78 is 0.990. The maximum atomic E-state index is 9.12. The standard InChI is InChI=1S/C28H17BrN4/c29-25-16-14-24(15-17-25)28-32-26(22-8-6-19(18-30)7-9-22)31-27(33-28)23-12-10-21(11-13-23)20-4-2-1-3-5-20/h1-17H. The van der Waals surface area contributed by atoms with E-state index in [-0.39, 0.29) is 0 Å². The van der Waals surface area contributed by atoms with Crippen molar-refractivity contribution in [1.82, 2.24) is 15.0 Å². The predicted molar refractivity (Wildman–Crippen MR) is 134 cm³/mol. The Morgan fingerprint density at radius 3 is 1.36 bits per heavy atom. The molecule has 0 unspecified atom stereocenters. The van der Waals surface area contributed by atoms with Gasteiger partial charge in [-0.1, -0.05) is 82.7 Å². The van der Waals surface area contributed by atoms with Crippen molar-refractivity contribution in [3.8, 4) is 51.4 Å². The van der Waals surface area contributed by atoms with Crippen LogP contribution < -0.4 is 0 Å². The summed E-state index contributed by atoms with van der Waals surface area (Å²) in [7, 11) is 0. The van der Waals surface area contributed by atoms with E-state index in [0.29, 0.717) is 23.0 Å². The maximum absolute atomic E-state index is 9.12. The fourth-order valence-electron chi connectivity index (χ4n) is 3.50. The van der Waals surface area contributed by atoms with Gasteiger partial charge in [-0.3, -0.25) is 0 Å². The molecule has 5 rings (SSSR count). The van der Waals surface area contributed by atoms with Gasteiger partial charge in [-0.25, -0.2) is 15.0 Å². The van der Waals surface area contributed by atoms with Crippen LogP contribution in [0.2, 0.25) is 0 Å². The molecule has 0 N–H and O–H groups in total. The highest BCUT2D eigenvalue weighted by atomic mass is 79.9. The quantitative estimate of drug-likeness (QED) is 0.268. The first kappa shape index (κ1) is 20.7. The molecule has 0 aliphatic carbocycles. The zero-order valence-electron chi connectivity index (χ0n) is 17.5. The molecule has 1 aromatic heterocycles. The molecule has 0 bridgehead atoms. The van der Waals surface area contributed by atoms with E-state index in [2.05, 4.69) is 46.3 Å². The fourth-order valence-corrected chi connectivity index (χ4v) is 3.76. The number of nitriles is 1. The molecule has 0 saturated heterocycles. The van der Waals surface area contributed by atoms with Gasteiger partial charge >= 0.3 is 0 Å². The van der Waals surface area contributed by atoms with E-state index >= 15 is 0 Å². The van der Waals surface area contributed by atoms with Crippen molar-refractivity contribution in [2.24, 2.45) is 0 Å². The lowest BCUT2D eigenvalue weighted by Gasteiger charge is -2.09. The van der Waals surface area contributed by atoms with Gasteiger partial charge in [-0.15, -0.1) is 0 Å². The number of nitrogens with zero attached hydrogens (tertiary/aromatic N) is 4. The van der Waals surface area contributed by atoms with Crippen molar-refractivity contribution >= 4 is 15.9 Å². The number of hydrogen-bond donors (Lipinski definition) is 0. The highest BCUT2D eigenvalue weighted by Gasteiger charge is 2.12. The van der Waals surface area contributed by atoms with Crippen LogP contribution in [0.1, 0.15) is 5.56 Å². The molecular formula is C28H17BrN4. The maximum Gasteiger partial charge on any atom is 0.164 e. The average molecular weight is 489 g/mol. The molecule has 0 atom stereocenters. The number of hydrogen-bond acceptors (Lipinski definition) is 4. The second-order valence-corrected chi connectivity index (χ2v) is 8.36. The SMILES string of the molecule is N#Cc1ccc(-c2nc(-c3ccc(Br)cc3)nc(-c3ccc(-c4ccccc4)cc3)n2)cc1. The average Bonchev–Trinajstić information content (AvgIpc) is 2.89. The van der Waals surface area contributed by atoms with Gasteiger partial charge in [0.2, 0.25) is 0 Å². The van der Waals surface area contributed by atoms with Gasteiger partial charge in [0, 0.05) is 21.2 Å². The zero-order valence-corrected chi connectivity index (χ0v) is 19.1. The van der Waals surface area contributed by atoms with Gasteiger partial charge in [0.25, 0.3) is 0 Å². The molecule has 0 fully saturated rings. The third-order valence-electron chi connectivity index (χ3n) is 5.26. The van der Waals surface area contributed by atoms with Crippen LogP contribution in [-0.2, 0) is 0 Å². The zero-order chi connectivity index (χ0) is 22.6. The molecule has 5 heteroatoms. The van der Waals surface area contributed by atoms with Crippen molar-refractivity contribution in [2.75, 3.05) is 0 Å². The highest BCUT2D eigenvalue weighted by molar-refractivity contribution is 9.10. The number of rotatable bonds is 4. The van der Waals surface area contributed by atoms with Crippen molar-refractivity contribution in [1.29, 1.82) is 5.26 Å². The summed E-state index contributed by atoms with van der Waals surface area (Å²) in [5.74, 6) is 1.76. The minimum atomic E-state index is 0.564. The molecule has 0 amide bonds. The summed E-state index contributed by atoms with van der Waals surface area (Å²) in [6.45, 7) is 0. The largest absolute Gasteiger partial charge is 0.208 e. The molecular weight excluding hydrogens is 472 g/mol. The van der Waals surface area contributed by atoms with E-state index in [4.69, 9.17) is 20.2 Å². The minimum Gasteiger partial charge on any atom is -0.208 e. The Hall–Kier alpha value is -4.14. The first-order chi connectivity index (χ1) is 16.2. The molecule has 0 aliphatic heterocycles. The van der Waals surface area contributed by atoms with E-state index in [1.54, 1.807) is 12.1 Å². The van der Waals surface area contributed by atoms with Crippen LogP contribution in [0.3, 0.4) is 0 Å². The molecule has 4 aromatic carbocycles. The van der Waals surface area contributed by atoms with E-state index in [0.717, 1.165) is 32.3 Å². The molecule has 0 radical (unpaired) electrons. The van der Waals surface area contributed by atoms with E-state index in [1.807, 2.05) is 66.7 Å². The summed E-state index contributed by atoms with van der Waals surface area (Å²) >= 11 is 3.48. The Balaban J connectivity index is 1.60. The Labute approximate surface area is 200 Å². The van der Waals surface area contributed by atoms with Crippen molar-refractivity contribution in [2.45, 2.75) is 0 Å². The minimum absolute atomic E-state index is 0.564. The molecule has 1 heterocycles. The lowest BCUT2D eigenvalue weighted by Crippen LogP contribution is -2.00. The molecule has 0 saturated carbocycles. The fraction of sp³-hybridized carbons (Fsp3) is 0. The van der Waals surface area contributed by atoms with E-state index in [1.165, 1.54) is 0 Å². The van der Waals surface area contributed by atoms with Gasteiger partial charge in [-0.2, -0.15) is 5.26 Å². The van der Waals surface area contributed by atoms with Crippen LogP contribution in [0, 0.1) is 11.3 Å². The van der Waals surface area contributed by atoms with Crippen LogP contribution in [0.4, 0.5) is 0 Å². The summed E-state index contributed by atoms with van der Waals surface area (Å²) in [6, 6.07) is 35.8. The van der Waals surface area contributed by atoms with Crippen LogP contribution in [0.5, 0.6) is 0 Å². The van der Waals surface area contributed by atoms with Gasteiger partial charge in [0.15, 0.2) is 17.5 Å². The molecule has 156 valence electrons. The number of aromatic nitrogens is 3. The summed E-state index contributed by atoms with van der Waals surface area (Å²) in [5, 5.41) is 9.12. The Morgan fingerprint density at radius 1 is 0.485 bits per heavy atom. The summed E-state index contributed by atoms with van der Waals surface area (Å²) in [4.78, 5) is 14.3. The van der Waals surface area contributed by atoms with Crippen LogP contribution in [0.25, 0.3) is 45.3 Å². The Bertz CT molecular complexity index is 1440. The second-order valence-electron chi connectivity index (χ2n) is 7.45. The summed E-state index contributed by atoms with van der Waals surface area (Å²) in [6.07, 6.45) is 0. The molecule has 5 aromatic rings. The molecule has 0 spiro atoms. The molecule has 33 heavy (non-hydrogen) atoms. The number of halogens is 1. The Kier molecular flexibility index (Phi) is 5.75. The van der Waals surface area contributed by atoms with Crippen LogP contribution >= 0.6 is 15.9 Å². The van der Waals surface area contributed by atoms with Crippen LogP contribution in [-0.4, -0.2) is 15.0 Å². The van der Waals surface area contributed by atoms with Crippen LogP contribution in [0.15, 0.2) is 108 Å². The normalized spacial score (nSPS) is 10.5. The molecule has 0 aliphatic rings. The third-order valence-corrected chi connectivity index (χ3v) is 5.79. The first-order valence-electron chi connectivity index (χ1n) is 10.4. The van der Waals surface area contributed by atoms with Crippen molar-refractivity contribution in [3.05, 3.63) is 113 Å². The number of benzene rings is 4. The lowest BCUT2D eigenvalue weighted by molar-refractivity contribution is 1.07. The molecule has 4 nitrogen and oxygen atoms in total. The predicted octanol–water partition coefficient (Wildman–Crippen LogP) is 7.17. The lowest BCUT2D eigenvalue weighted by atomic mass is 10.0. The smallest absolute Gasteiger partial charge is 0.164 e. The van der Waals surface area contributed by atoms with Gasteiger partial charge in [0.1, 0.15) is 0 Å². The van der Waals surface area contributed by atoms with Gasteiger partial charge < -0.3 is 0 Å². The monoisotopic (exact) mass is 488 g/mol. The van der Waals surface area contributed by atoms with Gasteiger partial charge in [0.05, 0.1) is 11.6 Å². The first-order valence-corrected chi connectivity index (χ1v) is 11.2. The topological polar surface area (TPSA) is 62.5 Å². The van der Waals surface area contributed by atoms with Crippen molar-refractivity contribution < 1.29 is 0 Å². The van der Waals surface area contributed by atoms with Crippen molar-refractivity contribution in [3.63, 3.8) is 0 Å².